The first-order valence-electron chi connectivity index (χ1n) is 8.69. The molecule has 134 valence electrons. The minimum atomic E-state index is 0.0523. The summed E-state index contributed by atoms with van der Waals surface area (Å²) in [5.74, 6) is 2.24. The quantitative estimate of drug-likeness (QED) is 0.604. The molecule has 3 rings (SSSR count). The fourth-order valence-electron chi connectivity index (χ4n) is 3.19. The molecule has 0 aromatic carbocycles. The largest absolute Gasteiger partial charge is 0.461 e. The van der Waals surface area contributed by atoms with Crippen LogP contribution in [-0.4, -0.2) is 32.5 Å². The van der Waals surface area contributed by atoms with Gasteiger partial charge in [0.15, 0.2) is 10.9 Å². The zero-order valence-electron chi connectivity index (χ0n) is 14.5. The van der Waals surface area contributed by atoms with E-state index in [1.165, 1.54) is 31.0 Å². The van der Waals surface area contributed by atoms with Crippen molar-refractivity contribution in [2.24, 2.45) is 5.92 Å². The molecule has 2 heterocycles. The van der Waals surface area contributed by atoms with Gasteiger partial charge in [0.1, 0.15) is 0 Å². The van der Waals surface area contributed by atoms with Gasteiger partial charge in [-0.05, 0) is 30.9 Å². The Labute approximate surface area is 152 Å². The number of rotatable bonds is 7. The highest BCUT2D eigenvalue weighted by Gasteiger charge is 2.23. The smallest absolute Gasteiger partial charge is 0.230 e. The molecular weight excluding hydrogens is 336 g/mol. The van der Waals surface area contributed by atoms with Gasteiger partial charge in [-0.25, -0.2) is 0 Å². The second-order valence-electron chi connectivity index (χ2n) is 6.41. The van der Waals surface area contributed by atoms with Gasteiger partial charge >= 0.3 is 0 Å². The lowest BCUT2D eigenvalue weighted by molar-refractivity contribution is -0.119. The number of nitrogens with one attached hydrogen (secondary N) is 1. The van der Waals surface area contributed by atoms with Gasteiger partial charge in [-0.2, -0.15) is 0 Å². The molecule has 1 aliphatic rings. The summed E-state index contributed by atoms with van der Waals surface area (Å²) < 4.78 is 7.32. The highest BCUT2D eigenvalue weighted by molar-refractivity contribution is 7.99. The molecule has 25 heavy (non-hydrogen) atoms. The van der Waals surface area contributed by atoms with Crippen molar-refractivity contribution in [2.75, 3.05) is 5.75 Å². The molecule has 7 heteroatoms. The molecule has 1 saturated carbocycles. The lowest BCUT2D eigenvalue weighted by atomic mass is 9.86. The Hall–Kier alpha value is -2.02. The van der Waals surface area contributed by atoms with Crippen molar-refractivity contribution in [1.29, 1.82) is 0 Å². The number of hydrogen-bond acceptors (Lipinski definition) is 5. The number of nitrogens with zero attached hydrogens (tertiary/aromatic N) is 3. The van der Waals surface area contributed by atoms with Crippen molar-refractivity contribution >= 4 is 17.7 Å². The van der Waals surface area contributed by atoms with Crippen molar-refractivity contribution < 1.29 is 9.21 Å². The van der Waals surface area contributed by atoms with Gasteiger partial charge < -0.3 is 9.73 Å². The third kappa shape index (κ3) is 4.34. The van der Waals surface area contributed by atoms with E-state index in [1.54, 1.807) is 12.3 Å². The van der Waals surface area contributed by atoms with E-state index >= 15 is 0 Å². The van der Waals surface area contributed by atoms with E-state index in [9.17, 15) is 4.79 Å². The van der Waals surface area contributed by atoms with Gasteiger partial charge in [0, 0.05) is 12.6 Å². The highest BCUT2D eigenvalue weighted by atomic mass is 32.2. The third-order valence-electron chi connectivity index (χ3n) is 4.56. The van der Waals surface area contributed by atoms with Crippen LogP contribution in [0.15, 0.2) is 40.6 Å². The Morgan fingerprint density at radius 2 is 2.32 bits per heavy atom. The van der Waals surface area contributed by atoms with E-state index in [2.05, 4.69) is 29.0 Å². The second kappa shape index (κ2) is 8.38. The molecule has 2 aromatic rings. The summed E-state index contributed by atoms with van der Waals surface area (Å²) in [5.41, 5.74) is 0. The van der Waals surface area contributed by atoms with Gasteiger partial charge in [0.25, 0.3) is 0 Å². The van der Waals surface area contributed by atoms with Crippen LogP contribution >= 0.6 is 11.8 Å². The Morgan fingerprint density at radius 1 is 1.48 bits per heavy atom. The third-order valence-corrected chi connectivity index (χ3v) is 5.53. The molecule has 0 saturated heterocycles. The predicted octanol–water partition coefficient (Wildman–Crippen LogP) is 3.51. The summed E-state index contributed by atoms with van der Waals surface area (Å²) in [4.78, 5) is 12.3. The van der Waals surface area contributed by atoms with Crippen molar-refractivity contribution in [3.05, 3.63) is 31.1 Å². The van der Waals surface area contributed by atoms with E-state index in [0.29, 0.717) is 41.0 Å². The number of hydrogen-bond donors (Lipinski definition) is 1. The number of furan rings is 1. The number of thioether (sulfide) groups is 1. The molecule has 2 atom stereocenters. The van der Waals surface area contributed by atoms with Crippen LogP contribution in [0.25, 0.3) is 11.6 Å². The Bertz CT molecular complexity index is 711. The zero-order valence-corrected chi connectivity index (χ0v) is 15.3. The number of carbonyl (C=O) groups excluding carboxylic acids is 1. The first kappa shape index (κ1) is 17.8. The second-order valence-corrected chi connectivity index (χ2v) is 7.35. The van der Waals surface area contributed by atoms with Crippen molar-refractivity contribution in [3.8, 4) is 11.6 Å². The molecule has 1 N–H and O–H groups in total. The fraction of sp³-hybridized carbons (Fsp3) is 0.500. The van der Waals surface area contributed by atoms with Crippen LogP contribution in [0.2, 0.25) is 0 Å². The van der Waals surface area contributed by atoms with Gasteiger partial charge in [-0.1, -0.05) is 37.6 Å². The topological polar surface area (TPSA) is 73.0 Å². The van der Waals surface area contributed by atoms with E-state index in [1.807, 2.05) is 16.7 Å². The van der Waals surface area contributed by atoms with Gasteiger partial charge in [-0.3, -0.25) is 9.36 Å². The minimum Gasteiger partial charge on any atom is -0.461 e. The first-order chi connectivity index (χ1) is 12.2. The van der Waals surface area contributed by atoms with E-state index in [4.69, 9.17) is 4.42 Å². The average molecular weight is 360 g/mol. The SMILES string of the molecule is C=CCn1c(SCC(=O)N[C@@H]2CCCC[C@@H]2C)nnc1-c1ccco1. The standard InChI is InChI=1S/C18H24N4O2S/c1-3-10-22-17(15-9-6-11-24-15)20-21-18(22)25-12-16(23)19-14-8-5-4-7-13(14)2/h3,6,9,11,13-14H,1,4-5,7-8,10,12H2,2H3,(H,19,23)/t13-,14+/m0/s1. The molecule has 0 unspecified atom stereocenters. The minimum absolute atomic E-state index is 0.0523. The van der Waals surface area contributed by atoms with Gasteiger partial charge in [-0.15, -0.1) is 16.8 Å². The van der Waals surface area contributed by atoms with Crippen LogP contribution in [0.1, 0.15) is 32.6 Å². The Kier molecular flexibility index (Phi) is 5.96. The molecule has 1 amide bonds. The summed E-state index contributed by atoms with van der Waals surface area (Å²) in [5, 5.41) is 12.3. The van der Waals surface area contributed by atoms with Crippen LogP contribution < -0.4 is 5.32 Å². The summed E-state index contributed by atoms with van der Waals surface area (Å²) >= 11 is 1.39. The van der Waals surface area contributed by atoms with Crippen LogP contribution in [0.5, 0.6) is 0 Å². The van der Waals surface area contributed by atoms with Crippen LogP contribution in [0.4, 0.5) is 0 Å². The molecular formula is C18H24N4O2S. The zero-order chi connectivity index (χ0) is 17.6. The summed E-state index contributed by atoms with van der Waals surface area (Å²) in [7, 11) is 0. The predicted molar refractivity (Wildman–Crippen MR) is 98.2 cm³/mol. The van der Waals surface area contributed by atoms with E-state index < -0.39 is 0 Å². The maximum Gasteiger partial charge on any atom is 0.230 e. The molecule has 1 fully saturated rings. The summed E-state index contributed by atoms with van der Waals surface area (Å²) in [6.07, 6.45) is 8.12. The molecule has 0 radical (unpaired) electrons. The average Bonchev–Trinajstić information content (AvgIpc) is 3.25. The maximum atomic E-state index is 12.3. The number of carbonyl (C=O) groups is 1. The van der Waals surface area contributed by atoms with Crippen LogP contribution in [-0.2, 0) is 11.3 Å². The Morgan fingerprint density at radius 3 is 3.04 bits per heavy atom. The van der Waals surface area contributed by atoms with Crippen molar-refractivity contribution in [2.45, 2.75) is 50.4 Å². The number of aromatic nitrogens is 3. The van der Waals surface area contributed by atoms with E-state index in [0.717, 1.165) is 6.42 Å². The lowest BCUT2D eigenvalue weighted by Crippen LogP contribution is -2.41. The molecule has 0 bridgehead atoms. The van der Waals surface area contributed by atoms with Crippen molar-refractivity contribution in [3.63, 3.8) is 0 Å². The monoisotopic (exact) mass is 360 g/mol. The number of amides is 1. The van der Waals surface area contributed by atoms with E-state index in [-0.39, 0.29) is 5.91 Å². The molecule has 2 aromatic heterocycles. The van der Waals surface area contributed by atoms with Crippen LogP contribution in [0, 0.1) is 5.92 Å². The Balaban J connectivity index is 1.62. The molecule has 6 nitrogen and oxygen atoms in total. The molecule has 0 aliphatic heterocycles. The summed E-state index contributed by atoms with van der Waals surface area (Å²) in [6.45, 7) is 6.56. The highest BCUT2D eigenvalue weighted by Crippen LogP contribution is 2.26. The first-order valence-corrected chi connectivity index (χ1v) is 9.67. The maximum absolute atomic E-state index is 12.3. The van der Waals surface area contributed by atoms with Gasteiger partial charge in [0.2, 0.25) is 11.7 Å². The normalized spacial score (nSPS) is 20.4. The van der Waals surface area contributed by atoms with Crippen molar-refractivity contribution in [1.82, 2.24) is 20.1 Å². The summed E-state index contributed by atoms with van der Waals surface area (Å²) in [6, 6.07) is 3.95. The lowest BCUT2D eigenvalue weighted by Gasteiger charge is -2.29. The molecule has 0 spiro atoms. The van der Waals surface area contributed by atoms with Gasteiger partial charge in [0.05, 0.1) is 12.0 Å². The fourth-order valence-corrected chi connectivity index (χ4v) is 3.95. The molecule has 1 aliphatic carbocycles. The number of allylic oxidation sites excluding steroid dienone is 1. The van der Waals surface area contributed by atoms with Crippen LogP contribution in [0.3, 0.4) is 0 Å².